The Hall–Kier alpha value is -0.980. The molecule has 0 amide bonds. The quantitative estimate of drug-likeness (QED) is 0.698. The van der Waals surface area contributed by atoms with Crippen LogP contribution in [-0.2, 0) is 5.41 Å². The highest BCUT2D eigenvalue weighted by atomic mass is 16.3. The summed E-state index contributed by atoms with van der Waals surface area (Å²) < 4.78 is 0. The predicted octanol–water partition coefficient (Wildman–Crippen LogP) is 3.26. The summed E-state index contributed by atoms with van der Waals surface area (Å²) in [6.45, 7) is 8.29. The van der Waals surface area contributed by atoms with E-state index in [1.54, 1.807) is 6.07 Å². The van der Waals surface area contributed by atoms with E-state index >= 15 is 0 Å². The van der Waals surface area contributed by atoms with Crippen LogP contribution < -0.4 is 0 Å². The monoisotopic (exact) mass is 177 g/mol. The highest BCUT2D eigenvalue weighted by molar-refractivity contribution is 5.42. The van der Waals surface area contributed by atoms with Crippen molar-refractivity contribution in [1.29, 1.82) is 0 Å². The summed E-state index contributed by atoms with van der Waals surface area (Å²) in [4.78, 5) is 0. The lowest BCUT2D eigenvalue weighted by Gasteiger charge is -2.21. The second-order valence-electron chi connectivity index (χ2n) is 4.32. The zero-order valence-corrected chi connectivity index (χ0v) is 8.76. The van der Waals surface area contributed by atoms with Gasteiger partial charge >= 0.3 is 0 Å². The Morgan fingerprint density at radius 3 is 2.31 bits per heavy atom. The van der Waals surface area contributed by atoms with Gasteiger partial charge in [-0.25, -0.2) is 0 Å². The van der Waals surface area contributed by atoms with Gasteiger partial charge in [0, 0.05) is 0 Å². The fourth-order valence-corrected chi connectivity index (χ4v) is 1.33. The van der Waals surface area contributed by atoms with Crippen LogP contribution in [0.5, 0.6) is 5.75 Å². The van der Waals surface area contributed by atoms with E-state index < -0.39 is 0 Å². The van der Waals surface area contributed by atoms with Crippen LogP contribution in [0.3, 0.4) is 0 Å². The minimum absolute atomic E-state index is 0.00308. The minimum Gasteiger partial charge on any atom is -0.508 e. The zero-order valence-electron chi connectivity index (χ0n) is 8.76. The molecular weight excluding hydrogens is 160 g/mol. The molecule has 0 aliphatic rings. The molecule has 1 aromatic carbocycles. The molecule has 1 rings (SSSR count). The maximum absolute atomic E-state index is 9.65. The van der Waals surface area contributed by atoms with Crippen molar-refractivity contribution in [3.63, 3.8) is 0 Å². The van der Waals surface area contributed by atoms with Gasteiger partial charge in [0.1, 0.15) is 5.75 Å². The average Bonchev–Trinajstić information content (AvgIpc) is 2.03. The third-order valence-electron chi connectivity index (χ3n) is 2.16. The maximum Gasteiger partial charge on any atom is 0.119 e. The first-order chi connectivity index (χ1) is 5.95. The molecule has 0 saturated carbocycles. The van der Waals surface area contributed by atoms with Crippen LogP contribution >= 0.6 is 0 Å². The number of phenols is 1. The standard InChI is InChI=1S/C12H17O/c1-5-9-6-7-11(13)10(8-9)12(2,3)4/h5-8,13H,1-4H3. The summed E-state index contributed by atoms with van der Waals surface area (Å²) in [5, 5.41) is 9.65. The summed E-state index contributed by atoms with van der Waals surface area (Å²) in [6, 6.07) is 5.72. The molecule has 0 heterocycles. The van der Waals surface area contributed by atoms with Crippen molar-refractivity contribution in [1.82, 2.24) is 0 Å². The largest absolute Gasteiger partial charge is 0.508 e. The summed E-state index contributed by atoms with van der Waals surface area (Å²) in [5.74, 6) is 0.387. The summed E-state index contributed by atoms with van der Waals surface area (Å²) in [5.41, 5.74) is 2.16. The van der Waals surface area contributed by atoms with Crippen LogP contribution in [0.15, 0.2) is 18.2 Å². The Kier molecular flexibility index (Phi) is 2.65. The van der Waals surface area contributed by atoms with Gasteiger partial charge in [-0.05, 0) is 29.0 Å². The molecule has 0 aliphatic carbocycles. The third-order valence-corrected chi connectivity index (χ3v) is 2.16. The third kappa shape index (κ3) is 2.24. The van der Waals surface area contributed by atoms with Crippen molar-refractivity contribution in [2.45, 2.75) is 33.1 Å². The van der Waals surface area contributed by atoms with Gasteiger partial charge < -0.3 is 5.11 Å². The molecule has 0 fully saturated rings. The first-order valence-electron chi connectivity index (χ1n) is 4.58. The van der Waals surface area contributed by atoms with E-state index in [2.05, 4.69) is 20.8 Å². The molecule has 0 spiro atoms. The lowest BCUT2D eigenvalue weighted by molar-refractivity contribution is 0.446. The van der Waals surface area contributed by atoms with Gasteiger partial charge in [0.05, 0.1) is 0 Å². The van der Waals surface area contributed by atoms with E-state index in [-0.39, 0.29) is 5.41 Å². The van der Waals surface area contributed by atoms with E-state index in [9.17, 15) is 5.11 Å². The molecule has 71 valence electrons. The van der Waals surface area contributed by atoms with E-state index in [4.69, 9.17) is 0 Å². The highest BCUT2D eigenvalue weighted by Crippen LogP contribution is 2.31. The van der Waals surface area contributed by atoms with E-state index in [1.165, 1.54) is 0 Å². The van der Waals surface area contributed by atoms with E-state index in [0.29, 0.717) is 5.75 Å². The first-order valence-corrected chi connectivity index (χ1v) is 4.58. The van der Waals surface area contributed by atoms with Crippen LogP contribution in [0.25, 0.3) is 0 Å². The maximum atomic E-state index is 9.65. The molecule has 0 aromatic heterocycles. The molecule has 0 bridgehead atoms. The van der Waals surface area contributed by atoms with Crippen LogP contribution in [0, 0.1) is 6.42 Å². The van der Waals surface area contributed by atoms with E-state index in [1.807, 2.05) is 25.5 Å². The zero-order chi connectivity index (χ0) is 10.1. The van der Waals surface area contributed by atoms with Gasteiger partial charge in [-0.2, -0.15) is 0 Å². The van der Waals surface area contributed by atoms with Crippen LogP contribution in [0.1, 0.15) is 38.8 Å². The van der Waals surface area contributed by atoms with Crippen molar-refractivity contribution in [2.24, 2.45) is 0 Å². The molecule has 13 heavy (non-hydrogen) atoms. The first kappa shape index (κ1) is 10.1. The van der Waals surface area contributed by atoms with Crippen molar-refractivity contribution in [3.8, 4) is 5.75 Å². The summed E-state index contributed by atoms with van der Waals surface area (Å²) in [6.07, 6.45) is 2.04. The number of rotatable bonds is 1. The molecule has 1 heteroatoms. The number of benzene rings is 1. The summed E-state index contributed by atoms with van der Waals surface area (Å²) in [7, 11) is 0. The van der Waals surface area contributed by atoms with Crippen molar-refractivity contribution in [3.05, 3.63) is 35.7 Å². The molecule has 1 nitrogen and oxygen atoms in total. The molecule has 0 unspecified atom stereocenters. The molecule has 0 aliphatic heterocycles. The predicted molar refractivity (Wildman–Crippen MR) is 55.9 cm³/mol. The van der Waals surface area contributed by atoms with Crippen LogP contribution in [0.4, 0.5) is 0 Å². The fourth-order valence-electron chi connectivity index (χ4n) is 1.33. The van der Waals surface area contributed by atoms with Gasteiger partial charge in [-0.15, -0.1) is 0 Å². The molecule has 1 radical (unpaired) electrons. The molecule has 1 aromatic rings. The second kappa shape index (κ2) is 3.41. The SMILES string of the molecule is C[CH]c1ccc(O)c(C(C)(C)C)c1. The van der Waals surface area contributed by atoms with Gasteiger partial charge in [0.2, 0.25) is 0 Å². The van der Waals surface area contributed by atoms with Gasteiger partial charge in [0.25, 0.3) is 0 Å². The average molecular weight is 177 g/mol. The molecule has 0 atom stereocenters. The van der Waals surface area contributed by atoms with Crippen LogP contribution in [0.2, 0.25) is 0 Å². The molecular formula is C12H17O. The number of aromatic hydroxyl groups is 1. The minimum atomic E-state index is 0.00308. The van der Waals surface area contributed by atoms with Gasteiger partial charge in [-0.3, -0.25) is 0 Å². The van der Waals surface area contributed by atoms with E-state index in [0.717, 1.165) is 11.1 Å². The second-order valence-corrected chi connectivity index (χ2v) is 4.32. The Morgan fingerprint density at radius 1 is 1.23 bits per heavy atom. The number of phenolic OH excluding ortho intramolecular Hbond substituents is 1. The lowest BCUT2D eigenvalue weighted by atomic mass is 9.85. The van der Waals surface area contributed by atoms with Crippen LogP contribution in [-0.4, -0.2) is 5.11 Å². The fraction of sp³-hybridized carbons (Fsp3) is 0.417. The van der Waals surface area contributed by atoms with Gasteiger partial charge in [-0.1, -0.05) is 39.8 Å². The molecule has 1 N–H and O–H groups in total. The number of hydrogen-bond acceptors (Lipinski definition) is 1. The van der Waals surface area contributed by atoms with Gasteiger partial charge in [0.15, 0.2) is 0 Å². The summed E-state index contributed by atoms with van der Waals surface area (Å²) >= 11 is 0. The normalized spacial score (nSPS) is 11.7. The topological polar surface area (TPSA) is 20.2 Å². The van der Waals surface area contributed by atoms with Crippen molar-refractivity contribution in [2.75, 3.05) is 0 Å². The Morgan fingerprint density at radius 2 is 1.85 bits per heavy atom. The Labute approximate surface area is 80.4 Å². The number of hydrogen-bond donors (Lipinski definition) is 1. The molecule has 0 saturated heterocycles. The lowest BCUT2D eigenvalue weighted by Crippen LogP contribution is -2.11. The smallest absolute Gasteiger partial charge is 0.119 e. The van der Waals surface area contributed by atoms with Crippen molar-refractivity contribution >= 4 is 0 Å². The van der Waals surface area contributed by atoms with Crippen molar-refractivity contribution < 1.29 is 5.11 Å². The Balaban J connectivity index is 3.19. The Bertz CT molecular complexity index is 294. The highest BCUT2D eigenvalue weighted by Gasteiger charge is 2.17.